The van der Waals surface area contributed by atoms with Gasteiger partial charge < -0.3 is 8.83 Å². The van der Waals surface area contributed by atoms with Crippen molar-refractivity contribution in [1.29, 1.82) is 0 Å². The van der Waals surface area contributed by atoms with Crippen molar-refractivity contribution in [2.75, 3.05) is 0 Å². The topological polar surface area (TPSA) is 26.3 Å². The Morgan fingerprint density at radius 3 is 2.19 bits per heavy atom. The van der Waals surface area contributed by atoms with Gasteiger partial charge in [-0.2, -0.15) is 0 Å². The third-order valence-electron chi connectivity index (χ3n) is 5.42. The van der Waals surface area contributed by atoms with E-state index in [0.29, 0.717) is 0 Å². The molecule has 0 aliphatic heterocycles. The SMILES string of the molecule is CCCCCCCCCCc1cc2ccc3c(ccc4ccoc43)c2o1. The van der Waals surface area contributed by atoms with Crippen molar-refractivity contribution in [1.82, 2.24) is 0 Å². The molecule has 26 heavy (non-hydrogen) atoms. The molecule has 0 fully saturated rings. The average Bonchev–Trinajstić information content (AvgIpc) is 3.29. The van der Waals surface area contributed by atoms with E-state index in [4.69, 9.17) is 8.83 Å². The summed E-state index contributed by atoms with van der Waals surface area (Å²) < 4.78 is 11.9. The molecular weight excluding hydrogens is 320 g/mol. The summed E-state index contributed by atoms with van der Waals surface area (Å²) in [6.07, 6.45) is 13.5. The van der Waals surface area contributed by atoms with Crippen molar-refractivity contribution >= 4 is 32.7 Å². The molecule has 0 atom stereocenters. The van der Waals surface area contributed by atoms with Gasteiger partial charge in [0.15, 0.2) is 0 Å². The van der Waals surface area contributed by atoms with Gasteiger partial charge in [0.1, 0.15) is 16.9 Å². The Bertz CT molecular complexity index is 989. The summed E-state index contributed by atoms with van der Waals surface area (Å²) >= 11 is 0. The molecular formula is C24H28O2. The average molecular weight is 348 g/mol. The second-order valence-corrected chi connectivity index (χ2v) is 7.42. The molecule has 136 valence electrons. The summed E-state index contributed by atoms with van der Waals surface area (Å²) in [6, 6.07) is 12.8. The fourth-order valence-corrected chi connectivity index (χ4v) is 3.94. The van der Waals surface area contributed by atoms with Gasteiger partial charge >= 0.3 is 0 Å². The van der Waals surface area contributed by atoms with E-state index in [2.05, 4.69) is 37.3 Å². The van der Waals surface area contributed by atoms with Crippen LogP contribution in [0, 0.1) is 0 Å². The van der Waals surface area contributed by atoms with Crippen LogP contribution in [0.25, 0.3) is 32.7 Å². The predicted molar refractivity (Wildman–Crippen MR) is 110 cm³/mol. The van der Waals surface area contributed by atoms with Crippen LogP contribution in [0.3, 0.4) is 0 Å². The number of furan rings is 2. The van der Waals surface area contributed by atoms with Gasteiger partial charge in [-0.05, 0) is 30.7 Å². The number of hydrogen-bond acceptors (Lipinski definition) is 2. The van der Waals surface area contributed by atoms with E-state index in [1.165, 1.54) is 56.8 Å². The largest absolute Gasteiger partial charge is 0.464 e. The maximum atomic E-state index is 6.22. The second-order valence-electron chi connectivity index (χ2n) is 7.42. The number of rotatable bonds is 9. The number of unbranched alkanes of at least 4 members (excludes halogenated alkanes) is 7. The lowest BCUT2D eigenvalue weighted by Gasteiger charge is -2.01. The number of aryl methyl sites for hydroxylation is 1. The highest BCUT2D eigenvalue weighted by Gasteiger charge is 2.11. The van der Waals surface area contributed by atoms with Crippen molar-refractivity contribution in [2.45, 2.75) is 64.7 Å². The van der Waals surface area contributed by atoms with E-state index < -0.39 is 0 Å². The number of hydrogen-bond donors (Lipinski definition) is 0. The van der Waals surface area contributed by atoms with Crippen molar-refractivity contribution in [3.8, 4) is 0 Å². The summed E-state index contributed by atoms with van der Waals surface area (Å²) in [6.45, 7) is 2.27. The van der Waals surface area contributed by atoms with Crippen molar-refractivity contribution in [3.63, 3.8) is 0 Å². The van der Waals surface area contributed by atoms with E-state index in [9.17, 15) is 0 Å². The zero-order chi connectivity index (χ0) is 17.8. The summed E-state index contributed by atoms with van der Waals surface area (Å²) in [5.41, 5.74) is 1.95. The Morgan fingerprint density at radius 2 is 1.38 bits per heavy atom. The Hall–Kier alpha value is -2.22. The first-order valence-electron chi connectivity index (χ1n) is 10.2. The van der Waals surface area contributed by atoms with Gasteiger partial charge in [-0.1, -0.05) is 64.0 Å². The molecule has 0 aliphatic carbocycles. The quantitative estimate of drug-likeness (QED) is 0.286. The molecule has 2 aromatic carbocycles. The molecule has 0 bridgehead atoms. The normalized spacial score (nSPS) is 11.9. The minimum absolute atomic E-state index is 0.949. The monoisotopic (exact) mass is 348 g/mol. The first kappa shape index (κ1) is 17.2. The minimum atomic E-state index is 0.949. The number of fused-ring (bicyclic) bond motifs is 5. The van der Waals surface area contributed by atoms with Gasteiger partial charge in [0, 0.05) is 28.0 Å². The van der Waals surface area contributed by atoms with Crippen LogP contribution in [0.15, 0.2) is 51.5 Å². The van der Waals surface area contributed by atoms with E-state index >= 15 is 0 Å². The van der Waals surface area contributed by atoms with E-state index in [1.54, 1.807) is 6.26 Å². The number of benzene rings is 2. The van der Waals surface area contributed by atoms with Gasteiger partial charge in [0.2, 0.25) is 0 Å². The van der Waals surface area contributed by atoms with Gasteiger partial charge in [0.25, 0.3) is 0 Å². The Morgan fingerprint density at radius 1 is 0.692 bits per heavy atom. The van der Waals surface area contributed by atoms with E-state index in [0.717, 1.165) is 39.5 Å². The summed E-state index contributed by atoms with van der Waals surface area (Å²) in [5, 5.41) is 4.61. The van der Waals surface area contributed by atoms with Crippen LogP contribution in [0.4, 0.5) is 0 Å². The second kappa shape index (κ2) is 7.99. The molecule has 4 rings (SSSR count). The van der Waals surface area contributed by atoms with Crippen molar-refractivity contribution in [2.24, 2.45) is 0 Å². The van der Waals surface area contributed by atoms with Gasteiger partial charge in [-0.15, -0.1) is 0 Å². The van der Waals surface area contributed by atoms with Gasteiger partial charge in [-0.3, -0.25) is 0 Å². The molecule has 0 spiro atoms. The zero-order valence-electron chi connectivity index (χ0n) is 15.7. The molecule has 0 amide bonds. The van der Waals surface area contributed by atoms with Crippen LogP contribution in [0.5, 0.6) is 0 Å². The molecule has 0 radical (unpaired) electrons. The highest BCUT2D eigenvalue weighted by atomic mass is 16.3. The van der Waals surface area contributed by atoms with Crippen molar-refractivity contribution in [3.05, 3.63) is 48.4 Å². The Labute approximate surface area is 155 Å². The van der Waals surface area contributed by atoms with E-state index in [-0.39, 0.29) is 0 Å². The van der Waals surface area contributed by atoms with Crippen LogP contribution < -0.4 is 0 Å². The lowest BCUT2D eigenvalue weighted by molar-refractivity contribution is 0.519. The van der Waals surface area contributed by atoms with Gasteiger partial charge in [-0.25, -0.2) is 0 Å². The Balaban J connectivity index is 1.42. The first-order valence-corrected chi connectivity index (χ1v) is 10.2. The molecule has 2 heteroatoms. The molecule has 2 nitrogen and oxygen atoms in total. The van der Waals surface area contributed by atoms with Crippen LogP contribution >= 0.6 is 0 Å². The fourth-order valence-electron chi connectivity index (χ4n) is 3.94. The minimum Gasteiger partial charge on any atom is -0.464 e. The van der Waals surface area contributed by atoms with Crippen molar-refractivity contribution < 1.29 is 8.83 Å². The highest BCUT2D eigenvalue weighted by Crippen LogP contribution is 2.33. The van der Waals surface area contributed by atoms with Crippen LogP contribution in [-0.4, -0.2) is 0 Å². The maximum Gasteiger partial charge on any atom is 0.142 e. The lowest BCUT2D eigenvalue weighted by Crippen LogP contribution is -1.84. The standard InChI is InChI=1S/C24H28O2/c1-2-3-4-5-6-7-8-9-10-20-17-19-12-14-21-22(24(19)26-20)13-11-18-15-16-25-23(18)21/h11-17H,2-10H2,1H3. The van der Waals surface area contributed by atoms with E-state index in [1.807, 2.05) is 6.07 Å². The van der Waals surface area contributed by atoms with Gasteiger partial charge in [0.05, 0.1) is 6.26 Å². The first-order chi connectivity index (χ1) is 12.9. The third-order valence-corrected chi connectivity index (χ3v) is 5.42. The fraction of sp³-hybridized carbons (Fsp3) is 0.417. The summed E-state index contributed by atoms with van der Waals surface area (Å²) in [7, 11) is 0. The summed E-state index contributed by atoms with van der Waals surface area (Å²) in [4.78, 5) is 0. The molecule has 0 saturated carbocycles. The van der Waals surface area contributed by atoms with Crippen LogP contribution in [-0.2, 0) is 6.42 Å². The molecule has 0 unspecified atom stereocenters. The molecule has 0 saturated heterocycles. The smallest absolute Gasteiger partial charge is 0.142 e. The van der Waals surface area contributed by atoms with Crippen LogP contribution in [0.2, 0.25) is 0 Å². The molecule has 0 N–H and O–H groups in total. The molecule has 2 aromatic heterocycles. The lowest BCUT2D eigenvalue weighted by atomic mass is 10.1. The maximum absolute atomic E-state index is 6.22. The molecule has 0 aliphatic rings. The zero-order valence-corrected chi connectivity index (χ0v) is 15.7. The Kier molecular flexibility index (Phi) is 5.29. The summed E-state index contributed by atoms with van der Waals surface area (Å²) in [5.74, 6) is 1.11. The molecule has 2 heterocycles. The predicted octanol–water partition coefficient (Wildman–Crippen LogP) is 8.02. The van der Waals surface area contributed by atoms with Crippen LogP contribution in [0.1, 0.15) is 64.1 Å². The third kappa shape index (κ3) is 3.51. The highest BCUT2D eigenvalue weighted by molar-refractivity contribution is 6.13. The molecule has 4 aromatic rings.